The summed E-state index contributed by atoms with van der Waals surface area (Å²) in [6.07, 6.45) is -4.62. The number of alkyl halides is 3. The Balaban J connectivity index is 2.48. The quantitative estimate of drug-likeness (QED) is 0.821. The summed E-state index contributed by atoms with van der Waals surface area (Å²) in [5.74, 6) is 0. The number of rotatable bonds is 3. The molecular formula is C9H10F3NO. The summed E-state index contributed by atoms with van der Waals surface area (Å²) in [7, 11) is 0. The van der Waals surface area contributed by atoms with Crippen molar-refractivity contribution >= 4 is 0 Å². The summed E-state index contributed by atoms with van der Waals surface area (Å²) in [4.78, 5) is 0. The van der Waals surface area contributed by atoms with Crippen LogP contribution in [0.25, 0.3) is 0 Å². The monoisotopic (exact) mass is 205 g/mol. The maximum absolute atomic E-state index is 11.7. The van der Waals surface area contributed by atoms with Crippen LogP contribution in [0.4, 0.5) is 13.2 Å². The first-order chi connectivity index (χ1) is 6.49. The molecule has 0 aliphatic carbocycles. The molecule has 1 aromatic carbocycles. The fraction of sp³-hybridized carbons (Fsp3) is 0.333. The van der Waals surface area contributed by atoms with Gasteiger partial charge in [-0.25, -0.2) is 0 Å². The van der Waals surface area contributed by atoms with Gasteiger partial charge in [0.25, 0.3) is 0 Å². The lowest BCUT2D eigenvalue weighted by atomic mass is 10.1. The van der Waals surface area contributed by atoms with Gasteiger partial charge in [-0.3, -0.25) is 4.74 Å². The second kappa shape index (κ2) is 4.43. The van der Waals surface area contributed by atoms with Crippen LogP contribution in [-0.4, -0.2) is 13.0 Å². The highest BCUT2D eigenvalue weighted by molar-refractivity contribution is 5.18. The minimum Gasteiger partial charge on any atom is -0.322 e. The lowest BCUT2D eigenvalue weighted by Crippen LogP contribution is -2.23. The van der Waals surface area contributed by atoms with Crippen molar-refractivity contribution in [3.8, 4) is 0 Å². The first kappa shape index (κ1) is 11.0. The molecule has 1 aromatic rings. The van der Waals surface area contributed by atoms with Crippen LogP contribution < -0.4 is 5.73 Å². The average molecular weight is 205 g/mol. The molecule has 2 nitrogen and oxygen atoms in total. The lowest BCUT2D eigenvalue weighted by Gasteiger charge is -2.13. The Labute approximate surface area is 79.5 Å². The molecule has 78 valence electrons. The maximum Gasteiger partial charge on any atom is 0.522 e. The third kappa shape index (κ3) is 3.76. The second-order valence-corrected chi connectivity index (χ2v) is 2.77. The first-order valence-electron chi connectivity index (χ1n) is 4.00. The van der Waals surface area contributed by atoms with Crippen LogP contribution in [0.1, 0.15) is 11.6 Å². The zero-order chi connectivity index (χ0) is 10.6. The van der Waals surface area contributed by atoms with E-state index in [0.29, 0.717) is 5.56 Å². The third-order valence-electron chi connectivity index (χ3n) is 1.65. The van der Waals surface area contributed by atoms with E-state index in [-0.39, 0.29) is 0 Å². The predicted molar refractivity (Wildman–Crippen MR) is 45.4 cm³/mol. The van der Waals surface area contributed by atoms with Crippen molar-refractivity contribution in [2.45, 2.75) is 12.4 Å². The molecule has 0 aromatic heterocycles. The van der Waals surface area contributed by atoms with Gasteiger partial charge in [-0.1, -0.05) is 30.3 Å². The van der Waals surface area contributed by atoms with E-state index in [2.05, 4.69) is 4.74 Å². The van der Waals surface area contributed by atoms with Gasteiger partial charge in [-0.15, -0.1) is 13.2 Å². The van der Waals surface area contributed by atoms with E-state index in [1.165, 1.54) is 0 Å². The highest BCUT2D eigenvalue weighted by atomic mass is 19.4. The molecule has 2 N–H and O–H groups in total. The van der Waals surface area contributed by atoms with Crippen LogP contribution in [-0.2, 0) is 4.74 Å². The molecule has 0 heterocycles. The Bertz CT molecular complexity index is 273. The van der Waals surface area contributed by atoms with E-state index in [0.717, 1.165) is 0 Å². The van der Waals surface area contributed by atoms with Crippen LogP contribution in [0.2, 0.25) is 0 Å². The number of halogens is 3. The molecule has 0 saturated heterocycles. The SMILES string of the molecule is N[C@H](COC(F)(F)F)c1ccccc1. The summed E-state index contributed by atoms with van der Waals surface area (Å²) in [5, 5.41) is 0. The molecule has 0 bridgehead atoms. The van der Waals surface area contributed by atoms with Crippen molar-refractivity contribution < 1.29 is 17.9 Å². The fourth-order valence-electron chi connectivity index (χ4n) is 0.981. The van der Waals surface area contributed by atoms with Gasteiger partial charge in [0, 0.05) is 0 Å². The summed E-state index contributed by atoms with van der Waals surface area (Å²) >= 11 is 0. The zero-order valence-corrected chi connectivity index (χ0v) is 7.29. The first-order valence-corrected chi connectivity index (χ1v) is 4.00. The molecule has 1 rings (SSSR count). The van der Waals surface area contributed by atoms with Crippen molar-refractivity contribution in [1.29, 1.82) is 0 Å². The van der Waals surface area contributed by atoms with E-state index >= 15 is 0 Å². The minimum atomic E-state index is -4.62. The van der Waals surface area contributed by atoms with Crippen LogP contribution in [0.5, 0.6) is 0 Å². The zero-order valence-electron chi connectivity index (χ0n) is 7.29. The normalized spacial score (nSPS) is 14.0. The van der Waals surface area contributed by atoms with E-state index in [4.69, 9.17) is 5.73 Å². The Kier molecular flexibility index (Phi) is 3.49. The topological polar surface area (TPSA) is 35.2 Å². The second-order valence-electron chi connectivity index (χ2n) is 2.77. The number of nitrogens with two attached hydrogens (primary N) is 1. The average Bonchev–Trinajstić information content (AvgIpc) is 2.14. The molecule has 0 fully saturated rings. The Morgan fingerprint density at radius 3 is 2.29 bits per heavy atom. The summed E-state index contributed by atoms with van der Waals surface area (Å²) < 4.78 is 38.6. The molecule has 0 amide bonds. The summed E-state index contributed by atoms with van der Waals surface area (Å²) in [6, 6.07) is 7.75. The van der Waals surface area contributed by atoms with Gasteiger partial charge in [0.05, 0.1) is 12.6 Å². The Morgan fingerprint density at radius 2 is 1.79 bits per heavy atom. The fourth-order valence-corrected chi connectivity index (χ4v) is 0.981. The van der Waals surface area contributed by atoms with Crippen LogP contribution >= 0.6 is 0 Å². The van der Waals surface area contributed by atoms with Gasteiger partial charge >= 0.3 is 6.36 Å². The van der Waals surface area contributed by atoms with Crippen LogP contribution in [0.15, 0.2) is 30.3 Å². The molecule has 14 heavy (non-hydrogen) atoms. The summed E-state index contributed by atoms with van der Waals surface area (Å²) in [6.45, 7) is -0.562. The highest BCUT2D eigenvalue weighted by Gasteiger charge is 2.29. The van der Waals surface area contributed by atoms with Gasteiger partial charge in [0.2, 0.25) is 0 Å². The van der Waals surface area contributed by atoms with Crippen molar-refractivity contribution in [1.82, 2.24) is 0 Å². The number of ether oxygens (including phenoxy) is 1. The standard InChI is InChI=1S/C9H10F3NO/c10-9(11,12)14-6-8(13)7-4-2-1-3-5-7/h1-5,8H,6,13H2/t8-/m1/s1. The Hall–Kier alpha value is -1.07. The van der Waals surface area contributed by atoms with Crippen LogP contribution in [0, 0.1) is 0 Å². The van der Waals surface area contributed by atoms with Gasteiger partial charge < -0.3 is 5.73 Å². The number of hydrogen-bond donors (Lipinski definition) is 1. The third-order valence-corrected chi connectivity index (χ3v) is 1.65. The van der Waals surface area contributed by atoms with Crippen LogP contribution in [0.3, 0.4) is 0 Å². The number of hydrogen-bond acceptors (Lipinski definition) is 2. The molecule has 0 saturated carbocycles. The lowest BCUT2D eigenvalue weighted by molar-refractivity contribution is -0.326. The summed E-state index contributed by atoms with van der Waals surface area (Å²) in [5.41, 5.74) is 6.10. The van der Waals surface area contributed by atoms with Crippen molar-refractivity contribution in [3.05, 3.63) is 35.9 Å². The van der Waals surface area contributed by atoms with Gasteiger partial charge in [-0.05, 0) is 5.56 Å². The smallest absolute Gasteiger partial charge is 0.322 e. The van der Waals surface area contributed by atoms with Crippen molar-refractivity contribution in [3.63, 3.8) is 0 Å². The maximum atomic E-state index is 11.7. The molecule has 0 radical (unpaired) electrons. The van der Waals surface area contributed by atoms with Gasteiger partial charge in [-0.2, -0.15) is 0 Å². The predicted octanol–water partition coefficient (Wildman–Crippen LogP) is 2.22. The molecule has 0 unspecified atom stereocenters. The minimum absolute atomic E-state index is 0.562. The Morgan fingerprint density at radius 1 is 1.21 bits per heavy atom. The molecule has 5 heteroatoms. The molecule has 0 aliphatic rings. The van der Waals surface area contributed by atoms with Crippen molar-refractivity contribution in [2.75, 3.05) is 6.61 Å². The van der Waals surface area contributed by atoms with E-state index in [1.807, 2.05) is 0 Å². The molecule has 1 atom stereocenters. The molecular weight excluding hydrogens is 195 g/mol. The molecule has 0 aliphatic heterocycles. The highest BCUT2D eigenvalue weighted by Crippen LogP contribution is 2.19. The van der Waals surface area contributed by atoms with E-state index in [1.54, 1.807) is 30.3 Å². The number of benzene rings is 1. The molecule has 0 spiro atoms. The van der Waals surface area contributed by atoms with Gasteiger partial charge in [0.15, 0.2) is 0 Å². The van der Waals surface area contributed by atoms with Crippen molar-refractivity contribution in [2.24, 2.45) is 5.73 Å². The largest absolute Gasteiger partial charge is 0.522 e. The van der Waals surface area contributed by atoms with Gasteiger partial charge in [0.1, 0.15) is 0 Å². The van der Waals surface area contributed by atoms with E-state index < -0.39 is 19.0 Å². The van der Waals surface area contributed by atoms with E-state index in [9.17, 15) is 13.2 Å².